The summed E-state index contributed by atoms with van der Waals surface area (Å²) in [5, 5.41) is 8.38. The van der Waals surface area contributed by atoms with Gasteiger partial charge in [0.1, 0.15) is 4.71 Å². The van der Waals surface area contributed by atoms with Crippen LogP contribution in [0.25, 0.3) is 0 Å². The summed E-state index contributed by atoms with van der Waals surface area (Å²) < 4.78 is -0.170. The van der Waals surface area contributed by atoms with Crippen molar-refractivity contribution in [2.75, 3.05) is 12.3 Å². The predicted molar refractivity (Wildman–Crippen MR) is 49.2 cm³/mol. The van der Waals surface area contributed by atoms with Crippen molar-refractivity contribution in [2.24, 2.45) is 0 Å². The van der Waals surface area contributed by atoms with Gasteiger partial charge >= 0.3 is 5.97 Å². The summed E-state index contributed by atoms with van der Waals surface area (Å²) in [5.41, 5.74) is 0. The predicted octanol–water partition coefficient (Wildman–Crippen LogP) is 0.250. The minimum absolute atomic E-state index is 0.0106. The van der Waals surface area contributed by atoms with E-state index >= 15 is 0 Å². The van der Waals surface area contributed by atoms with E-state index in [0.717, 1.165) is 0 Å². The number of hydrogen-bond acceptors (Lipinski definition) is 4. The molecular weight excluding hydrogens is 198 g/mol. The van der Waals surface area contributed by atoms with Crippen molar-refractivity contribution in [1.29, 1.82) is 0 Å². The summed E-state index contributed by atoms with van der Waals surface area (Å²) in [7, 11) is 0. The lowest BCUT2D eigenvalue weighted by atomic mass is 10.4. The van der Waals surface area contributed by atoms with E-state index in [1.807, 2.05) is 0 Å². The molecule has 0 bridgehead atoms. The van der Waals surface area contributed by atoms with Crippen LogP contribution in [-0.2, 0) is 9.59 Å². The van der Waals surface area contributed by atoms with E-state index in [1.165, 1.54) is 16.7 Å². The first-order valence-corrected chi connectivity index (χ1v) is 4.98. The molecule has 0 aliphatic carbocycles. The highest BCUT2D eigenvalue weighted by atomic mass is 32.2. The molecule has 68 valence electrons. The number of hydrogen-bond donors (Lipinski definition) is 2. The summed E-state index contributed by atoms with van der Waals surface area (Å²) in [6.07, 6.45) is -0.0106. The Morgan fingerprint density at radius 1 is 1.83 bits per heavy atom. The number of carbonyl (C=O) groups excluding carboxylic acids is 1. The molecule has 0 aromatic carbocycles. The maximum Gasteiger partial charge on any atom is 0.305 e. The lowest BCUT2D eigenvalue weighted by molar-refractivity contribution is -0.137. The number of carboxylic acids is 1. The minimum Gasteiger partial charge on any atom is -0.481 e. The highest BCUT2D eigenvalue weighted by Gasteiger charge is 2.28. The molecule has 1 atom stereocenters. The Morgan fingerprint density at radius 3 is 2.92 bits per heavy atom. The van der Waals surface area contributed by atoms with Crippen molar-refractivity contribution in [1.82, 2.24) is 4.90 Å². The van der Waals surface area contributed by atoms with Crippen LogP contribution in [0.1, 0.15) is 6.42 Å². The molecular formula is C6H9NO3S2. The standard InChI is InChI=1S/C6H9NO3S2/c8-4-3-12-6(11)7(4)2-1-5(9)10/h6,11H,1-3H2,(H,9,10). The third kappa shape index (κ3) is 2.31. The van der Waals surface area contributed by atoms with Gasteiger partial charge in [-0.3, -0.25) is 9.59 Å². The third-order valence-corrected chi connectivity index (χ3v) is 3.20. The van der Waals surface area contributed by atoms with E-state index in [4.69, 9.17) is 5.11 Å². The number of rotatable bonds is 3. The molecule has 0 saturated carbocycles. The molecule has 0 radical (unpaired) electrons. The van der Waals surface area contributed by atoms with Crippen molar-refractivity contribution in [3.05, 3.63) is 0 Å². The topological polar surface area (TPSA) is 57.6 Å². The quantitative estimate of drug-likeness (QED) is 0.651. The SMILES string of the molecule is O=C(O)CCN1C(=O)CSC1S. The van der Waals surface area contributed by atoms with Gasteiger partial charge in [0, 0.05) is 6.54 Å². The maximum absolute atomic E-state index is 11.1. The average molecular weight is 207 g/mol. The Morgan fingerprint density at radius 2 is 2.50 bits per heavy atom. The summed E-state index contributed by atoms with van der Waals surface area (Å²) in [5.74, 6) is -0.505. The Bertz CT molecular complexity index is 209. The highest BCUT2D eigenvalue weighted by molar-refractivity contribution is 8.11. The van der Waals surface area contributed by atoms with Crippen LogP contribution >= 0.6 is 24.4 Å². The largest absolute Gasteiger partial charge is 0.481 e. The van der Waals surface area contributed by atoms with Crippen LogP contribution < -0.4 is 0 Å². The number of amides is 1. The second kappa shape index (κ2) is 4.04. The van der Waals surface area contributed by atoms with Crippen LogP contribution in [0.5, 0.6) is 0 Å². The molecule has 0 spiro atoms. The van der Waals surface area contributed by atoms with E-state index in [2.05, 4.69) is 12.6 Å². The Kier molecular flexibility index (Phi) is 3.28. The van der Waals surface area contributed by atoms with Gasteiger partial charge in [-0.05, 0) is 0 Å². The number of aliphatic carboxylic acids is 1. The first kappa shape index (κ1) is 9.73. The number of carbonyl (C=O) groups is 2. The summed E-state index contributed by atoms with van der Waals surface area (Å²) in [4.78, 5) is 22.7. The molecule has 0 aromatic heterocycles. The maximum atomic E-state index is 11.1. The van der Waals surface area contributed by atoms with E-state index in [-0.39, 0.29) is 23.6 Å². The smallest absolute Gasteiger partial charge is 0.305 e. The summed E-state index contributed by atoms with van der Waals surface area (Å²) in [6.45, 7) is 0.259. The van der Waals surface area contributed by atoms with Gasteiger partial charge in [0.05, 0.1) is 12.2 Å². The van der Waals surface area contributed by atoms with Crippen LogP contribution in [0, 0.1) is 0 Å². The van der Waals surface area contributed by atoms with Crippen LogP contribution in [0.3, 0.4) is 0 Å². The summed E-state index contributed by atoms with van der Waals surface area (Å²) in [6, 6.07) is 0. The van der Waals surface area contributed by atoms with Gasteiger partial charge in [0.15, 0.2) is 0 Å². The Labute approximate surface area is 79.7 Å². The zero-order chi connectivity index (χ0) is 9.14. The Hall–Kier alpha value is -0.360. The first-order chi connectivity index (χ1) is 5.61. The van der Waals surface area contributed by atoms with Crippen molar-refractivity contribution >= 4 is 36.3 Å². The molecule has 1 fully saturated rings. The molecule has 1 aliphatic heterocycles. The van der Waals surface area contributed by atoms with Gasteiger partial charge in [-0.2, -0.15) is 0 Å². The zero-order valence-corrected chi connectivity index (χ0v) is 7.98. The molecule has 1 heterocycles. The molecule has 6 heteroatoms. The molecule has 0 aromatic rings. The van der Waals surface area contributed by atoms with Gasteiger partial charge in [-0.25, -0.2) is 0 Å². The molecule has 4 nitrogen and oxygen atoms in total. The second-order valence-electron chi connectivity index (χ2n) is 2.37. The molecule has 12 heavy (non-hydrogen) atoms. The number of thiol groups is 1. The number of nitrogens with zero attached hydrogens (tertiary/aromatic N) is 1. The lowest BCUT2D eigenvalue weighted by Gasteiger charge is -2.18. The fourth-order valence-electron chi connectivity index (χ4n) is 0.893. The van der Waals surface area contributed by atoms with Crippen LogP contribution in [-0.4, -0.2) is 38.9 Å². The van der Waals surface area contributed by atoms with Gasteiger partial charge in [0.25, 0.3) is 0 Å². The van der Waals surface area contributed by atoms with Gasteiger partial charge < -0.3 is 10.0 Å². The fourth-order valence-corrected chi connectivity index (χ4v) is 2.22. The van der Waals surface area contributed by atoms with E-state index in [9.17, 15) is 9.59 Å². The van der Waals surface area contributed by atoms with Crippen LogP contribution in [0.2, 0.25) is 0 Å². The van der Waals surface area contributed by atoms with Crippen LogP contribution in [0.15, 0.2) is 0 Å². The van der Waals surface area contributed by atoms with E-state index < -0.39 is 5.97 Å². The van der Waals surface area contributed by atoms with Crippen molar-refractivity contribution in [3.8, 4) is 0 Å². The first-order valence-electron chi connectivity index (χ1n) is 3.42. The highest BCUT2D eigenvalue weighted by Crippen LogP contribution is 2.27. The van der Waals surface area contributed by atoms with Gasteiger partial charge in [0.2, 0.25) is 5.91 Å². The average Bonchev–Trinajstić information content (AvgIpc) is 2.28. The monoisotopic (exact) mass is 207 g/mol. The number of carboxylic acid groups (broad SMARTS) is 1. The lowest BCUT2D eigenvalue weighted by Crippen LogP contribution is -2.31. The third-order valence-electron chi connectivity index (χ3n) is 1.51. The molecule has 1 rings (SSSR count). The molecule has 1 aliphatic rings. The van der Waals surface area contributed by atoms with Gasteiger partial charge in [-0.15, -0.1) is 24.4 Å². The molecule has 1 amide bonds. The number of thioether (sulfide) groups is 1. The zero-order valence-electron chi connectivity index (χ0n) is 6.27. The van der Waals surface area contributed by atoms with Gasteiger partial charge in [-0.1, -0.05) is 0 Å². The van der Waals surface area contributed by atoms with Crippen molar-refractivity contribution in [3.63, 3.8) is 0 Å². The van der Waals surface area contributed by atoms with Crippen molar-refractivity contribution in [2.45, 2.75) is 11.1 Å². The van der Waals surface area contributed by atoms with E-state index in [0.29, 0.717) is 5.75 Å². The fraction of sp³-hybridized carbons (Fsp3) is 0.667. The van der Waals surface area contributed by atoms with Crippen LogP contribution in [0.4, 0.5) is 0 Å². The second-order valence-corrected chi connectivity index (χ2v) is 4.28. The molecule has 1 unspecified atom stereocenters. The normalized spacial score (nSPS) is 23.2. The Balaban J connectivity index is 2.39. The molecule has 1 N–H and O–H groups in total. The van der Waals surface area contributed by atoms with E-state index in [1.54, 1.807) is 0 Å². The van der Waals surface area contributed by atoms with Crippen molar-refractivity contribution < 1.29 is 14.7 Å². The summed E-state index contributed by atoms with van der Waals surface area (Å²) >= 11 is 5.54. The minimum atomic E-state index is -0.889. The molecule has 1 saturated heterocycles.